The fraction of sp³-hybridized carbons (Fsp3) is 0.111. The van der Waals surface area contributed by atoms with E-state index in [0.29, 0.717) is 16.8 Å². The fourth-order valence-corrected chi connectivity index (χ4v) is 1.59. The molecule has 0 fully saturated rings. The normalized spacial score (nSPS) is 10.6. The fourth-order valence-electron chi connectivity index (χ4n) is 1.05. The standard InChI is InChI=1S/C9H5BrCl2N2O/c10-6-2-1-5(3-7(6)12)9-14-13-8(4-11)15-9/h1-3H,4H2. The maximum Gasteiger partial charge on any atom is 0.247 e. The number of aromatic nitrogens is 2. The number of alkyl halides is 1. The molecule has 6 heteroatoms. The van der Waals surface area contributed by atoms with E-state index in [4.69, 9.17) is 27.6 Å². The Kier molecular flexibility index (Phi) is 3.29. The average Bonchev–Trinajstić information content (AvgIpc) is 2.70. The maximum atomic E-state index is 5.94. The van der Waals surface area contributed by atoms with Crippen molar-refractivity contribution >= 4 is 39.1 Å². The lowest BCUT2D eigenvalue weighted by molar-refractivity contribution is 0.527. The molecule has 0 aliphatic rings. The number of halogens is 3. The van der Waals surface area contributed by atoms with Gasteiger partial charge in [0.25, 0.3) is 0 Å². The molecule has 1 aromatic heterocycles. The molecular formula is C9H5BrCl2N2O. The molecule has 2 aromatic rings. The highest BCUT2D eigenvalue weighted by Crippen LogP contribution is 2.28. The largest absolute Gasteiger partial charge is 0.419 e. The molecule has 0 aliphatic heterocycles. The van der Waals surface area contributed by atoms with E-state index in [2.05, 4.69) is 26.1 Å². The summed E-state index contributed by atoms with van der Waals surface area (Å²) in [6.07, 6.45) is 0. The van der Waals surface area contributed by atoms with Crippen LogP contribution >= 0.6 is 39.1 Å². The van der Waals surface area contributed by atoms with Gasteiger partial charge in [-0.15, -0.1) is 21.8 Å². The second-order valence-corrected chi connectivity index (χ2v) is 4.29. The second kappa shape index (κ2) is 4.51. The van der Waals surface area contributed by atoms with Gasteiger partial charge in [0.1, 0.15) is 5.88 Å². The molecule has 0 bridgehead atoms. The summed E-state index contributed by atoms with van der Waals surface area (Å²) >= 11 is 14.8. The predicted octanol–water partition coefficient (Wildman–Crippen LogP) is 3.89. The minimum Gasteiger partial charge on any atom is -0.419 e. The second-order valence-electron chi connectivity index (χ2n) is 2.76. The number of nitrogens with zero attached hydrogens (tertiary/aromatic N) is 2. The Balaban J connectivity index is 2.40. The van der Waals surface area contributed by atoms with Crippen molar-refractivity contribution in [2.75, 3.05) is 0 Å². The van der Waals surface area contributed by atoms with Gasteiger partial charge < -0.3 is 4.42 Å². The van der Waals surface area contributed by atoms with Crippen molar-refractivity contribution in [3.8, 4) is 11.5 Å². The average molecular weight is 308 g/mol. The van der Waals surface area contributed by atoms with Gasteiger partial charge in [0.15, 0.2) is 0 Å². The maximum absolute atomic E-state index is 5.94. The van der Waals surface area contributed by atoms with Gasteiger partial charge in [-0.2, -0.15) is 0 Å². The summed E-state index contributed by atoms with van der Waals surface area (Å²) in [5.41, 5.74) is 0.770. The van der Waals surface area contributed by atoms with Crippen molar-refractivity contribution in [3.05, 3.63) is 33.6 Å². The molecule has 78 valence electrons. The summed E-state index contributed by atoms with van der Waals surface area (Å²) in [5, 5.41) is 8.21. The molecule has 1 heterocycles. The summed E-state index contributed by atoms with van der Waals surface area (Å²) < 4.78 is 6.11. The minimum atomic E-state index is 0.206. The topological polar surface area (TPSA) is 38.9 Å². The Morgan fingerprint density at radius 2 is 2.13 bits per heavy atom. The summed E-state index contributed by atoms with van der Waals surface area (Å²) in [6, 6.07) is 5.40. The zero-order valence-electron chi connectivity index (χ0n) is 7.38. The van der Waals surface area contributed by atoms with Crippen LogP contribution in [0.4, 0.5) is 0 Å². The van der Waals surface area contributed by atoms with Crippen LogP contribution in [-0.4, -0.2) is 10.2 Å². The first-order chi connectivity index (χ1) is 7.20. The lowest BCUT2D eigenvalue weighted by Gasteiger charge is -1.97. The third kappa shape index (κ3) is 2.33. The van der Waals surface area contributed by atoms with Crippen LogP contribution in [0.2, 0.25) is 5.02 Å². The molecule has 15 heavy (non-hydrogen) atoms. The lowest BCUT2D eigenvalue weighted by atomic mass is 10.2. The molecular weight excluding hydrogens is 303 g/mol. The summed E-state index contributed by atoms with van der Waals surface area (Å²) in [6.45, 7) is 0. The van der Waals surface area contributed by atoms with Crippen LogP contribution < -0.4 is 0 Å². The molecule has 0 saturated heterocycles. The highest BCUT2D eigenvalue weighted by Gasteiger charge is 2.08. The van der Waals surface area contributed by atoms with Crippen LogP contribution in [0.1, 0.15) is 5.89 Å². The van der Waals surface area contributed by atoms with Crippen LogP contribution in [0, 0.1) is 0 Å². The lowest BCUT2D eigenvalue weighted by Crippen LogP contribution is -1.78. The van der Waals surface area contributed by atoms with Crippen LogP contribution in [0.25, 0.3) is 11.5 Å². The number of benzene rings is 1. The van der Waals surface area contributed by atoms with Crippen molar-refractivity contribution in [1.29, 1.82) is 0 Å². The summed E-state index contributed by atoms with van der Waals surface area (Å²) in [7, 11) is 0. The van der Waals surface area contributed by atoms with Gasteiger partial charge in [-0.3, -0.25) is 0 Å². The van der Waals surface area contributed by atoms with E-state index in [-0.39, 0.29) is 5.88 Å². The van der Waals surface area contributed by atoms with E-state index in [9.17, 15) is 0 Å². The highest BCUT2D eigenvalue weighted by atomic mass is 79.9. The van der Waals surface area contributed by atoms with Gasteiger partial charge in [0, 0.05) is 10.0 Å². The van der Waals surface area contributed by atoms with E-state index < -0.39 is 0 Å². The van der Waals surface area contributed by atoms with Gasteiger partial charge in [-0.25, -0.2) is 0 Å². The van der Waals surface area contributed by atoms with Crippen molar-refractivity contribution in [2.45, 2.75) is 5.88 Å². The Labute approximate surface area is 105 Å². The van der Waals surface area contributed by atoms with E-state index in [0.717, 1.165) is 10.0 Å². The van der Waals surface area contributed by atoms with E-state index >= 15 is 0 Å². The summed E-state index contributed by atoms with van der Waals surface area (Å²) in [5.74, 6) is 1.02. The first kappa shape index (κ1) is 10.9. The molecule has 0 radical (unpaired) electrons. The van der Waals surface area contributed by atoms with Crippen LogP contribution in [0.15, 0.2) is 27.1 Å². The van der Waals surface area contributed by atoms with E-state index in [1.807, 2.05) is 12.1 Å². The Morgan fingerprint density at radius 3 is 2.73 bits per heavy atom. The SMILES string of the molecule is ClCc1nnc(-c2ccc(Br)c(Cl)c2)o1. The third-order valence-electron chi connectivity index (χ3n) is 1.75. The highest BCUT2D eigenvalue weighted by molar-refractivity contribution is 9.10. The molecule has 2 rings (SSSR count). The number of rotatable bonds is 2. The van der Waals surface area contributed by atoms with Crippen LogP contribution in [0.3, 0.4) is 0 Å². The molecule has 0 aliphatic carbocycles. The van der Waals surface area contributed by atoms with Crippen LogP contribution in [-0.2, 0) is 5.88 Å². The first-order valence-electron chi connectivity index (χ1n) is 4.04. The van der Waals surface area contributed by atoms with Gasteiger partial charge in [-0.1, -0.05) is 11.6 Å². The smallest absolute Gasteiger partial charge is 0.247 e. The number of hydrogen-bond acceptors (Lipinski definition) is 3. The zero-order valence-corrected chi connectivity index (χ0v) is 10.5. The zero-order chi connectivity index (χ0) is 10.8. The Bertz CT molecular complexity index is 487. The molecule has 0 amide bonds. The molecule has 0 spiro atoms. The minimum absolute atomic E-state index is 0.206. The quantitative estimate of drug-likeness (QED) is 0.790. The van der Waals surface area contributed by atoms with Gasteiger partial charge >= 0.3 is 0 Å². The monoisotopic (exact) mass is 306 g/mol. The summed E-state index contributed by atoms with van der Waals surface area (Å²) in [4.78, 5) is 0. The van der Waals surface area contributed by atoms with Crippen molar-refractivity contribution in [2.24, 2.45) is 0 Å². The third-order valence-corrected chi connectivity index (χ3v) is 3.21. The number of hydrogen-bond donors (Lipinski definition) is 0. The van der Waals surface area contributed by atoms with E-state index in [1.54, 1.807) is 6.07 Å². The van der Waals surface area contributed by atoms with E-state index in [1.165, 1.54) is 0 Å². The van der Waals surface area contributed by atoms with Crippen molar-refractivity contribution in [3.63, 3.8) is 0 Å². The Morgan fingerprint density at radius 1 is 1.33 bits per heavy atom. The van der Waals surface area contributed by atoms with Crippen molar-refractivity contribution in [1.82, 2.24) is 10.2 Å². The molecule has 0 saturated carbocycles. The van der Waals surface area contributed by atoms with Gasteiger partial charge in [0.05, 0.1) is 5.02 Å². The molecule has 0 atom stereocenters. The molecule has 3 nitrogen and oxygen atoms in total. The molecule has 1 aromatic carbocycles. The predicted molar refractivity (Wildman–Crippen MR) is 62.0 cm³/mol. The van der Waals surface area contributed by atoms with Gasteiger partial charge in [0.2, 0.25) is 11.8 Å². The first-order valence-corrected chi connectivity index (χ1v) is 5.75. The molecule has 0 N–H and O–H groups in total. The Hall–Kier alpha value is -0.580. The van der Waals surface area contributed by atoms with Crippen LogP contribution in [0.5, 0.6) is 0 Å². The molecule has 0 unspecified atom stereocenters. The van der Waals surface area contributed by atoms with Gasteiger partial charge in [-0.05, 0) is 34.1 Å². The van der Waals surface area contributed by atoms with Crippen molar-refractivity contribution < 1.29 is 4.42 Å².